The zero-order valence-corrected chi connectivity index (χ0v) is 12.1. The Bertz CT molecular complexity index is 587. The summed E-state index contributed by atoms with van der Waals surface area (Å²) in [6.45, 7) is 0.477. The van der Waals surface area contributed by atoms with Gasteiger partial charge in [0.25, 0.3) is 5.91 Å². The molecule has 0 fully saturated rings. The Labute approximate surface area is 124 Å². The van der Waals surface area contributed by atoms with Gasteiger partial charge in [0.2, 0.25) is 0 Å². The molecule has 1 aromatic heterocycles. The highest BCUT2D eigenvalue weighted by Crippen LogP contribution is 2.28. The third-order valence-corrected chi connectivity index (χ3v) is 3.88. The molecule has 1 aromatic carbocycles. The number of halogens is 2. The van der Waals surface area contributed by atoms with Gasteiger partial charge in [0.15, 0.2) is 0 Å². The summed E-state index contributed by atoms with van der Waals surface area (Å²) in [4.78, 5) is 16.1. The maximum absolute atomic E-state index is 12.0. The van der Waals surface area contributed by atoms with Crippen LogP contribution < -0.4 is 11.1 Å². The van der Waals surface area contributed by atoms with Crippen molar-refractivity contribution < 1.29 is 4.79 Å². The molecule has 7 heteroatoms. The number of anilines is 1. The van der Waals surface area contributed by atoms with E-state index in [0.717, 1.165) is 5.69 Å². The Morgan fingerprint density at radius 3 is 2.89 bits per heavy atom. The summed E-state index contributed by atoms with van der Waals surface area (Å²) in [6.07, 6.45) is 0.670. The second-order valence-electron chi connectivity index (χ2n) is 3.85. The van der Waals surface area contributed by atoms with Crippen LogP contribution in [0.2, 0.25) is 10.0 Å². The van der Waals surface area contributed by atoms with Gasteiger partial charge in [0, 0.05) is 24.0 Å². The SMILES string of the molecule is Nc1cc(Cl)c(Cl)c(C(=O)NCCc2cscn2)c1. The number of rotatable bonds is 4. The lowest BCUT2D eigenvalue weighted by atomic mass is 10.2. The Kier molecular flexibility index (Phi) is 4.63. The molecule has 1 amide bonds. The quantitative estimate of drug-likeness (QED) is 0.852. The largest absolute Gasteiger partial charge is 0.399 e. The molecule has 100 valence electrons. The number of benzene rings is 1. The summed E-state index contributed by atoms with van der Waals surface area (Å²) in [5.74, 6) is -0.297. The topological polar surface area (TPSA) is 68.0 Å². The maximum Gasteiger partial charge on any atom is 0.252 e. The first-order valence-electron chi connectivity index (χ1n) is 5.47. The summed E-state index contributed by atoms with van der Waals surface area (Å²) in [5, 5.41) is 5.18. The van der Waals surface area contributed by atoms with Gasteiger partial charge in [-0.15, -0.1) is 11.3 Å². The fraction of sp³-hybridized carbons (Fsp3) is 0.167. The van der Waals surface area contributed by atoms with Crippen molar-refractivity contribution in [1.82, 2.24) is 10.3 Å². The summed E-state index contributed by atoms with van der Waals surface area (Å²) in [6, 6.07) is 3.02. The normalized spacial score (nSPS) is 10.4. The fourth-order valence-electron chi connectivity index (χ4n) is 1.54. The van der Waals surface area contributed by atoms with Crippen LogP contribution >= 0.6 is 34.5 Å². The molecule has 0 aliphatic carbocycles. The number of nitrogens with one attached hydrogen (secondary N) is 1. The van der Waals surface area contributed by atoms with Crippen LogP contribution in [0.15, 0.2) is 23.0 Å². The average Bonchev–Trinajstić information content (AvgIpc) is 2.86. The number of thiazole rings is 1. The number of nitrogen functional groups attached to an aromatic ring is 1. The molecule has 0 aliphatic heterocycles. The molecular weight excluding hydrogens is 305 g/mol. The summed E-state index contributed by atoms with van der Waals surface area (Å²) in [7, 11) is 0. The third kappa shape index (κ3) is 3.59. The van der Waals surface area contributed by atoms with E-state index in [0.29, 0.717) is 18.7 Å². The van der Waals surface area contributed by atoms with E-state index in [1.54, 1.807) is 5.51 Å². The monoisotopic (exact) mass is 315 g/mol. The van der Waals surface area contributed by atoms with Crippen molar-refractivity contribution in [2.75, 3.05) is 12.3 Å². The molecule has 1 heterocycles. The van der Waals surface area contributed by atoms with E-state index in [2.05, 4.69) is 10.3 Å². The number of amides is 1. The molecular formula is C12H11Cl2N3OS. The van der Waals surface area contributed by atoms with Gasteiger partial charge < -0.3 is 11.1 Å². The van der Waals surface area contributed by atoms with Crippen molar-refractivity contribution in [1.29, 1.82) is 0 Å². The number of aromatic nitrogens is 1. The Balaban J connectivity index is 2.00. The van der Waals surface area contributed by atoms with E-state index in [9.17, 15) is 4.79 Å². The van der Waals surface area contributed by atoms with E-state index in [1.807, 2.05) is 5.38 Å². The van der Waals surface area contributed by atoms with E-state index < -0.39 is 0 Å². The molecule has 4 nitrogen and oxygen atoms in total. The van der Waals surface area contributed by atoms with Gasteiger partial charge in [-0.25, -0.2) is 4.98 Å². The van der Waals surface area contributed by atoms with Crippen LogP contribution in [0.1, 0.15) is 16.1 Å². The predicted octanol–water partition coefficient (Wildman–Crippen LogP) is 3.00. The van der Waals surface area contributed by atoms with Gasteiger partial charge in [-0.05, 0) is 12.1 Å². The Morgan fingerprint density at radius 2 is 2.21 bits per heavy atom. The van der Waals surface area contributed by atoms with Crippen molar-refractivity contribution in [3.63, 3.8) is 0 Å². The van der Waals surface area contributed by atoms with Crippen LogP contribution in [0.3, 0.4) is 0 Å². The minimum Gasteiger partial charge on any atom is -0.399 e. The van der Waals surface area contributed by atoms with Crippen molar-refractivity contribution in [2.24, 2.45) is 0 Å². The van der Waals surface area contributed by atoms with Crippen LogP contribution in [0.4, 0.5) is 5.69 Å². The minimum atomic E-state index is -0.297. The van der Waals surface area contributed by atoms with Crippen molar-refractivity contribution >= 4 is 46.1 Å². The first-order chi connectivity index (χ1) is 9.08. The van der Waals surface area contributed by atoms with Gasteiger partial charge in [-0.1, -0.05) is 23.2 Å². The molecule has 0 radical (unpaired) electrons. The van der Waals surface area contributed by atoms with Crippen LogP contribution in [-0.4, -0.2) is 17.4 Å². The van der Waals surface area contributed by atoms with Crippen LogP contribution in [0, 0.1) is 0 Å². The molecule has 0 aliphatic rings. The van der Waals surface area contributed by atoms with Crippen LogP contribution in [0.5, 0.6) is 0 Å². The number of carbonyl (C=O) groups is 1. The molecule has 0 bridgehead atoms. The number of nitrogens with zero attached hydrogens (tertiary/aromatic N) is 1. The van der Waals surface area contributed by atoms with Crippen molar-refractivity contribution in [3.05, 3.63) is 44.3 Å². The lowest BCUT2D eigenvalue weighted by molar-refractivity contribution is 0.0954. The number of carbonyl (C=O) groups excluding carboxylic acids is 1. The first-order valence-corrected chi connectivity index (χ1v) is 7.17. The van der Waals surface area contributed by atoms with Crippen LogP contribution in [0.25, 0.3) is 0 Å². The van der Waals surface area contributed by atoms with E-state index >= 15 is 0 Å². The molecule has 0 unspecified atom stereocenters. The highest BCUT2D eigenvalue weighted by atomic mass is 35.5. The van der Waals surface area contributed by atoms with Gasteiger partial charge in [-0.3, -0.25) is 4.79 Å². The first kappa shape index (κ1) is 14.1. The zero-order valence-electron chi connectivity index (χ0n) is 9.82. The van der Waals surface area contributed by atoms with E-state index in [1.165, 1.54) is 23.5 Å². The average molecular weight is 316 g/mol. The third-order valence-electron chi connectivity index (χ3n) is 2.45. The molecule has 0 saturated carbocycles. The summed E-state index contributed by atoms with van der Waals surface area (Å²) in [5.41, 5.74) is 9.03. The number of hydrogen-bond donors (Lipinski definition) is 2. The highest BCUT2D eigenvalue weighted by Gasteiger charge is 2.13. The Hall–Kier alpha value is -1.30. The second kappa shape index (κ2) is 6.23. The summed E-state index contributed by atoms with van der Waals surface area (Å²) < 4.78 is 0. The number of hydrogen-bond acceptors (Lipinski definition) is 4. The van der Waals surface area contributed by atoms with Gasteiger partial charge in [-0.2, -0.15) is 0 Å². The highest BCUT2D eigenvalue weighted by molar-refractivity contribution is 7.07. The Morgan fingerprint density at radius 1 is 1.42 bits per heavy atom. The molecule has 0 saturated heterocycles. The molecule has 19 heavy (non-hydrogen) atoms. The molecule has 0 atom stereocenters. The lowest BCUT2D eigenvalue weighted by Crippen LogP contribution is -2.26. The zero-order chi connectivity index (χ0) is 13.8. The molecule has 3 N–H and O–H groups in total. The van der Waals surface area contributed by atoms with Gasteiger partial charge in [0.1, 0.15) is 0 Å². The second-order valence-corrected chi connectivity index (χ2v) is 5.35. The minimum absolute atomic E-state index is 0.210. The van der Waals surface area contributed by atoms with Gasteiger partial charge in [0.05, 0.1) is 26.8 Å². The molecule has 2 rings (SSSR count). The fourth-order valence-corrected chi connectivity index (χ4v) is 2.55. The van der Waals surface area contributed by atoms with Crippen LogP contribution in [-0.2, 0) is 6.42 Å². The standard InChI is InChI=1S/C12H11Cl2N3OS/c13-10-4-7(15)3-9(11(10)14)12(18)16-2-1-8-5-19-6-17-8/h3-6H,1-2,15H2,(H,16,18). The van der Waals surface area contributed by atoms with E-state index in [4.69, 9.17) is 28.9 Å². The van der Waals surface area contributed by atoms with Crippen molar-refractivity contribution in [3.8, 4) is 0 Å². The lowest BCUT2D eigenvalue weighted by Gasteiger charge is -2.08. The molecule has 2 aromatic rings. The summed E-state index contributed by atoms with van der Waals surface area (Å²) >= 11 is 13.4. The predicted molar refractivity (Wildman–Crippen MR) is 79.0 cm³/mol. The van der Waals surface area contributed by atoms with Gasteiger partial charge >= 0.3 is 0 Å². The smallest absolute Gasteiger partial charge is 0.252 e. The maximum atomic E-state index is 12.0. The van der Waals surface area contributed by atoms with E-state index in [-0.39, 0.29) is 21.5 Å². The van der Waals surface area contributed by atoms with Crippen molar-refractivity contribution in [2.45, 2.75) is 6.42 Å². The molecule has 0 spiro atoms. The number of nitrogens with two attached hydrogens (primary N) is 1.